The molecule has 2 nitrogen and oxygen atoms in total. The van der Waals surface area contributed by atoms with Gasteiger partial charge in [-0.25, -0.2) is 0 Å². The number of benzene rings is 1. The largest absolute Gasteiger partial charge is 0.378 e. The Bertz CT molecular complexity index is 790. The maximum absolute atomic E-state index is 12.9. The predicted molar refractivity (Wildman–Crippen MR) is 139 cm³/mol. The first-order valence-electron chi connectivity index (χ1n) is 13.8. The Hall–Kier alpha value is -1.92. The van der Waals surface area contributed by atoms with Crippen molar-refractivity contribution < 1.29 is 9.13 Å². The molecule has 2 aliphatic rings. The van der Waals surface area contributed by atoms with E-state index in [1.165, 1.54) is 87.5 Å². The number of hydrogen-bond acceptors (Lipinski definition) is 2. The summed E-state index contributed by atoms with van der Waals surface area (Å²) in [5.74, 6) is 1.17. The second-order valence-electron chi connectivity index (χ2n) is 10.5. The van der Waals surface area contributed by atoms with Gasteiger partial charge < -0.3 is 4.74 Å². The van der Waals surface area contributed by atoms with Crippen molar-refractivity contribution in [1.82, 2.24) is 0 Å². The molecular formula is C31H44FNO. The van der Waals surface area contributed by atoms with Gasteiger partial charge in [0.25, 0.3) is 0 Å². The van der Waals surface area contributed by atoms with Gasteiger partial charge in [-0.1, -0.05) is 69.0 Å². The zero-order chi connectivity index (χ0) is 24.0. The number of nitrogens with zero attached hydrogens (tertiary/aromatic N) is 1. The summed E-state index contributed by atoms with van der Waals surface area (Å²) in [5.41, 5.74) is 3.03. The molecule has 0 aromatic heterocycles. The second-order valence-corrected chi connectivity index (χ2v) is 10.5. The van der Waals surface area contributed by atoms with E-state index in [1.54, 1.807) is 6.08 Å². The van der Waals surface area contributed by atoms with E-state index in [0.717, 1.165) is 38.2 Å². The summed E-state index contributed by atoms with van der Waals surface area (Å²) in [4.78, 5) is 0. The highest BCUT2D eigenvalue weighted by Crippen LogP contribution is 2.37. The molecule has 0 atom stereocenters. The normalized spacial score (nSPS) is 26.0. The molecule has 0 N–H and O–H groups in total. The Kier molecular flexibility index (Phi) is 11.9. The number of allylic oxidation sites excluding steroid dienone is 4. The molecule has 3 rings (SSSR count). The molecule has 0 heterocycles. The first-order chi connectivity index (χ1) is 16.7. The van der Waals surface area contributed by atoms with Crippen LogP contribution in [-0.2, 0) is 11.2 Å². The van der Waals surface area contributed by atoms with Gasteiger partial charge >= 0.3 is 0 Å². The Labute approximate surface area is 207 Å². The van der Waals surface area contributed by atoms with Gasteiger partial charge in [0.2, 0.25) is 0 Å². The van der Waals surface area contributed by atoms with Crippen LogP contribution in [0.4, 0.5) is 4.39 Å². The lowest BCUT2D eigenvalue weighted by molar-refractivity contribution is -0.00456. The molecule has 0 radical (unpaired) electrons. The summed E-state index contributed by atoms with van der Waals surface area (Å²) >= 11 is 0. The van der Waals surface area contributed by atoms with Crippen molar-refractivity contribution in [2.24, 2.45) is 11.8 Å². The van der Waals surface area contributed by atoms with Crippen molar-refractivity contribution >= 4 is 0 Å². The molecule has 2 saturated carbocycles. The van der Waals surface area contributed by atoms with E-state index in [2.05, 4.69) is 31.2 Å². The first-order valence-corrected chi connectivity index (χ1v) is 13.8. The Morgan fingerprint density at radius 3 is 2.35 bits per heavy atom. The summed E-state index contributed by atoms with van der Waals surface area (Å²) in [6.07, 6.45) is 22.8. The van der Waals surface area contributed by atoms with Crippen LogP contribution in [0.25, 0.3) is 0 Å². The topological polar surface area (TPSA) is 33.0 Å². The standard InChI is InChI=1S/C31H44FNO/c1-2-3-4-5-6-8-25-11-17-28(18-12-25)29-19-13-27(14-20-29)24-34-31-21-15-26(16-22-31)9-7-10-30(32)23-33/h7,9-12,17-18,26-27,29,31H,2-6,8,13-16,19-22,24H2,1H3/t26-,27-,29-,31-. The Morgan fingerprint density at radius 2 is 1.68 bits per heavy atom. The third-order valence-corrected chi connectivity index (χ3v) is 7.89. The third kappa shape index (κ3) is 9.38. The highest BCUT2D eigenvalue weighted by Gasteiger charge is 2.25. The number of ether oxygens (including phenoxy) is 1. The van der Waals surface area contributed by atoms with Crippen LogP contribution in [0.2, 0.25) is 0 Å². The van der Waals surface area contributed by atoms with Gasteiger partial charge in [-0.05, 0) is 99.2 Å². The molecule has 186 valence electrons. The molecule has 0 aliphatic heterocycles. The summed E-state index contributed by atoms with van der Waals surface area (Å²) in [5, 5.41) is 8.46. The zero-order valence-electron chi connectivity index (χ0n) is 21.2. The lowest BCUT2D eigenvalue weighted by Gasteiger charge is -2.32. The molecular weight excluding hydrogens is 421 g/mol. The molecule has 0 bridgehead atoms. The molecule has 1 aromatic rings. The fraction of sp³-hybridized carbons (Fsp3) is 0.645. The summed E-state index contributed by atoms with van der Waals surface area (Å²) in [7, 11) is 0. The van der Waals surface area contributed by atoms with E-state index in [0.29, 0.717) is 17.9 Å². The van der Waals surface area contributed by atoms with Crippen LogP contribution in [0.15, 0.2) is 48.3 Å². The van der Waals surface area contributed by atoms with Crippen LogP contribution >= 0.6 is 0 Å². The van der Waals surface area contributed by atoms with E-state index < -0.39 is 5.83 Å². The predicted octanol–water partition coefficient (Wildman–Crippen LogP) is 8.98. The summed E-state index contributed by atoms with van der Waals surface area (Å²) in [6.45, 7) is 3.18. The van der Waals surface area contributed by atoms with E-state index >= 15 is 0 Å². The quantitative estimate of drug-likeness (QED) is 0.175. The number of hydrogen-bond donors (Lipinski definition) is 0. The highest BCUT2D eigenvalue weighted by atomic mass is 19.1. The van der Waals surface area contributed by atoms with Crippen LogP contribution in [0.5, 0.6) is 0 Å². The Morgan fingerprint density at radius 1 is 0.971 bits per heavy atom. The van der Waals surface area contributed by atoms with Crippen LogP contribution < -0.4 is 0 Å². The monoisotopic (exact) mass is 465 g/mol. The van der Waals surface area contributed by atoms with Gasteiger partial charge in [-0.2, -0.15) is 9.65 Å². The van der Waals surface area contributed by atoms with E-state index in [1.807, 2.05) is 6.08 Å². The SMILES string of the molecule is CCCCCCCc1ccc([C@H]2CC[C@H](CO[C@H]3CC[C@H](C=CC=C(F)C#N)CC3)CC2)cc1. The maximum Gasteiger partial charge on any atom is 0.199 e. The fourth-order valence-corrected chi connectivity index (χ4v) is 5.61. The van der Waals surface area contributed by atoms with Gasteiger partial charge in [0.15, 0.2) is 5.83 Å². The van der Waals surface area contributed by atoms with Crippen molar-refractivity contribution in [1.29, 1.82) is 5.26 Å². The van der Waals surface area contributed by atoms with Crippen molar-refractivity contribution in [3.63, 3.8) is 0 Å². The first kappa shape index (κ1) is 26.7. The van der Waals surface area contributed by atoms with E-state index in [-0.39, 0.29) is 0 Å². The number of unbranched alkanes of at least 4 members (excludes halogenated alkanes) is 4. The van der Waals surface area contributed by atoms with Gasteiger partial charge in [0.1, 0.15) is 6.07 Å². The summed E-state index contributed by atoms with van der Waals surface area (Å²) in [6, 6.07) is 11.0. The molecule has 2 fully saturated rings. The lowest BCUT2D eigenvalue weighted by atomic mass is 9.78. The van der Waals surface area contributed by atoms with Crippen molar-refractivity contribution in [2.45, 2.75) is 109 Å². The Balaban J connectivity index is 1.29. The fourth-order valence-electron chi connectivity index (χ4n) is 5.61. The number of rotatable bonds is 12. The van der Waals surface area contributed by atoms with Crippen LogP contribution in [0.1, 0.15) is 107 Å². The molecule has 3 heteroatoms. The van der Waals surface area contributed by atoms with Crippen molar-refractivity contribution in [3.8, 4) is 6.07 Å². The van der Waals surface area contributed by atoms with Crippen molar-refractivity contribution in [3.05, 3.63) is 59.4 Å². The van der Waals surface area contributed by atoms with Crippen LogP contribution in [0, 0.1) is 23.2 Å². The zero-order valence-corrected chi connectivity index (χ0v) is 21.2. The minimum Gasteiger partial charge on any atom is -0.378 e. The molecule has 34 heavy (non-hydrogen) atoms. The molecule has 0 spiro atoms. The molecule has 0 saturated heterocycles. The van der Waals surface area contributed by atoms with Crippen LogP contribution in [0.3, 0.4) is 0 Å². The number of nitriles is 1. The lowest BCUT2D eigenvalue weighted by Crippen LogP contribution is -2.25. The smallest absolute Gasteiger partial charge is 0.199 e. The molecule has 2 aliphatic carbocycles. The molecule has 1 aromatic carbocycles. The second kappa shape index (κ2) is 15.2. The number of halogens is 1. The van der Waals surface area contributed by atoms with Gasteiger partial charge in [0.05, 0.1) is 6.10 Å². The average Bonchev–Trinajstić information content (AvgIpc) is 2.88. The third-order valence-electron chi connectivity index (χ3n) is 7.89. The minimum absolute atomic E-state index is 0.378. The van der Waals surface area contributed by atoms with Gasteiger partial charge in [-0.3, -0.25) is 0 Å². The van der Waals surface area contributed by atoms with E-state index in [4.69, 9.17) is 10.00 Å². The number of aryl methyl sites for hydroxylation is 1. The average molecular weight is 466 g/mol. The van der Waals surface area contributed by atoms with E-state index in [9.17, 15) is 4.39 Å². The van der Waals surface area contributed by atoms with Crippen molar-refractivity contribution in [2.75, 3.05) is 6.61 Å². The van der Waals surface area contributed by atoms with Gasteiger partial charge in [0, 0.05) is 6.61 Å². The van der Waals surface area contributed by atoms with Crippen LogP contribution in [-0.4, -0.2) is 12.7 Å². The minimum atomic E-state index is -0.729. The molecule has 0 amide bonds. The highest BCUT2D eigenvalue weighted by molar-refractivity contribution is 5.26. The summed E-state index contributed by atoms with van der Waals surface area (Å²) < 4.78 is 19.2. The van der Waals surface area contributed by atoms with Gasteiger partial charge in [-0.15, -0.1) is 0 Å². The molecule has 0 unspecified atom stereocenters. The maximum atomic E-state index is 12.9.